The van der Waals surface area contributed by atoms with Gasteiger partial charge in [0, 0.05) is 46.4 Å². The van der Waals surface area contributed by atoms with Crippen molar-refractivity contribution in [3.05, 3.63) is 0 Å². The minimum absolute atomic E-state index is 0.0360. The van der Waals surface area contributed by atoms with Crippen LogP contribution in [-0.2, 0) is 15.6 Å². The van der Waals surface area contributed by atoms with Crippen LogP contribution in [0.15, 0.2) is 0 Å². The topological polar surface area (TPSA) is 58.2 Å². The fourth-order valence-electron chi connectivity index (χ4n) is 1.97. The van der Waals surface area contributed by atoms with E-state index in [1.165, 1.54) is 0 Å². The summed E-state index contributed by atoms with van der Waals surface area (Å²) in [4.78, 5) is 11.9. The zero-order valence-corrected chi connectivity index (χ0v) is 10.9. The molecule has 1 atom stereocenters. The highest BCUT2D eigenvalue weighted by atomic mass is 32.2. The molecule has 0 spiro atoms. The molecule has 0 aromatic carbocycles. The van der Waals surface area contributed by atoms with Gasteiger partial charge in [-0.05, 0) is 12.8 Å². The van der Waals surface area contributed by atoms with Gasteiger partial charge in [-0.2, -0.15) is 11.8 Å². The molecule has 2 aliphatic heterocycles. The number of carbonyl (C=O) groups excluding carboxylic acids is 1. The van der Waals surface area contributed by atoms with Gasteiger partial charge in [0.1, 0.15) is 0 Å². The zero-order valence-electron chi connectivity index (χ0n) is 9.24. The molecule has 16 heavy (non-hydrogen) atoms. The molecule has 0 radical (unpaired) electrons. The molecule has 2 aliphatic rings. The van der Waals surface area contributed by atoms with Gasteiger partial charge < -0.3 is 10.6 Å². The Morgan fingerprint density at radius 1 is 1.38 bits per heavy atom. The summed E-state index contributed by atoms with van der Waals surface area (Å²) >= 11 is 1.82. The highest BCUT2D eigenvalue weighted by Gasteiger charge is 2.25. The fourth-order valence-corrected chi connectivity index (χ4v) is 4.21. The molecular weight excluding hydrogens is 244 g/mol. The summed E-state index contributed by atoms with van der Waals surface area (Å²) in [6.45, 7) is 0.914. The first-order valence-electron chi connectivity index (χ1n) is 5.72. The molecule has 0 bridgehead atoms. The summed E-state index contributed by atoms with van der Waals surface area (Å²) < 4.78 is 11.2. The van der Waals surface area contributed by atoms with Crippen LogP contribution in [0.2, 0.25) is 0 Å². The molecule has 2 heterocycles. The van der Waals surface area contributed by atoms with Gasteiger partial charge >= 0.3 is 0 Å². The van der Waals surface area contributed by atoms with Gasteiger partial charge in [0.2, 0.25) is 5.91 Å². The number of carbonyl (C=O) groups is 1. The Balaban J connectivity index is 1.75. The minimum atomic E-state index is -0.651. The SMILES string of the molecule is O=C(NC1CCS(=O)CC1)C1CSCCN1. The fraction of sp³-hybridized carbons (Fsp3) is 0.900. The van der Waals surface area contributed by atoms with Crippen molar-refractivity contribution < 1.29 is 9.00 Å². The molecule has 2 rings (SSSR count). The molecule has 2 fully saturated rings. The number of rotatable bonds is 2. The largest absolute Gasteiger partial charge is 0.352 e. The van der Waals surface area contributed by atoms with E-state index < -0.39 is 10.8 Å². The van der Waals surface area contributed by atoms with Gasteiger partial charge in [-0.3, -0.25) is 9.00 Å². The second kappa shape index (κ2) is 6.02. The molecule has 1 unspecified atom stereocenters. The molecule has 0 aromatic rings. The van der Waals surface area contributed by atoms with E-state index in [-0.39, 0.29) is 18.0 Å². The van der Waals surface area contributed by atoms with Crippen LogP contribution in [0.3, 0.4) is 0 Å². The first kappa shape index (κ1) is 12.4. The van der Waals surface area contributed by atoms with E-state index in [1.54, 1.807) is 0 Å². The van der Waals surface area contributed by atoms with E-state index in [1.807, 2.05) is 11.8 Å². The van der Waals surface area contributed by atoms with E-state index >= 15 is 0 Å². The van der Waals surface area contributed by atoms with Gasteiger partial charge in [0.15, 0.2) is 0 Å². The summed E-state index contributed by atoms with van der Waals surface area (Å²) in [7, 11) is -0.651. The van der Waals surface area contributed by atoms with Crippen LogP contribution in [-0.4, -0.2) is 51.8 Å². The molecule has 4 nitrogen and oxygen atoms in total. The van der Waals surface area contributed by atoms with Crippen molar-refractivity contribution in [1.29, 1.82) is 0 Å². The van der Waals surface area contributed by atoms with Crippen LogP contribution in [0.25, 0.3) is 0 Å². The van der Waals surface area contributed by atoms with Crippen molar-refractivity contribution in [3.63, 3.8) is 0 Å². The lowest BCUT2D eigenvalue weighted by Crippen LogP contribution is -2.52. The lowest BCUT2D eigenvalue weighted by molar-refractivity contribution is -0.123. The Kier molecular flexibility index (Phi) is 4.66. The molecule has 1 amide bonds. The second-order valence-corrected chi connectivity index (χ2v) is 7.06. The van der Waals surface area contributed by atoms with Crippen molar-refractivity contribution in [3.8, 4) is 0 Å². The predicted octanol–water partition coefficient (Wildman–Crippen LogP) is -0.281. The average molecular weight is 262 g/mol. The molecule has 2 saturated heterocycles. The minimum Gasteiger partial charge on any atom is -0.352 e. The molecule has 0 aromatic heterocycles. The van der Waals surface area contributed by atoms with Gasteiger partial charge in [-0.25, -0.2) is 0 Å². The summed E-state index contributed by atoms with van der Waals surface area (Å²) in [6.07, 6.45) is 1.72. The van der Waals surface area contributed by atoms with Crippen LogP contribution in [0.5, 0.6) is 0 Å². The van der Waals surface area contributed by atoms with Gasteiger partial charge in [-0.15, -0.1) is 0 Å². The zero-order chi connectivity index (χ0) is 11.4. The Bertz CT molecular complexity index is 270. The molecule has 2 N–H and O–H groups in total. The number of hydrogen-bond acceptors (Lipinski definition) is 4. The first-order chi connectivity index (χ1) is 7.75. The maximum absolute atomic E-state index is 11.9. The van der Waals surface area contributed by atoms with Crippen LogP contribution in [0.1, 0.15) is 12.8 Å². The third-order valence-corrected chi connectivity index (χ3v) is 5.42. The summed E-state index contributed by atoms with van der Waals surface area (Å²) in [6, 6.07) is 0.199. The molecule has 6 heteroatoms. The van der Waals surface area contributed by atoms with Crippen molar-refractivity contribution in [2.45, 2.75) is 24.9 Å². The first-order valence-corrected chi connectivity index (χ1v) is 8.36. The van der Waals surface area contributed by atoms with Crippen LogP contribution in [0.4, 0.5) is 0 Å². The smallest absolute Gasteiger partial charge is 0.238 e. The number of hydrogen-bond donors (Lipinski definition) is 2. The lowest BCUT2D eigenvalue weighted by Gasteiger charge is -2.27. The predicted molar refractivity (Wildman–Crippen MR) is 68.2 cm³/mol. The van der Waals surface area contributed by atoms with Crippen molar-refractivity contribution in [2.24, 2.45) is 0 Å². The quantitative estimate of drug-likeness (QED) is 0.718. The maximum Gasteiger partial charge on any atom is 0.238 e. The average Bonchev–Trinajstić information content (AvgIpc) is 2.33. The van der Waals surface area contributed by atoms with Gasteiger partial charge in [-0.1, -0.05) is 0 Å². The Morgan fingerprint density at radius 3 is 2.75 bits per heavy atom. The molecule has 92 valence electrons. The third kappa shape index (κ3) is 3.46. The van der Waals surface area contributed by atoms with Crippen LogP contribution < -0.4 is 10.6 Å². The normalized spacial score (nSPS) is 35.6. The Morgan fingerprint density at radius 2 is 2.12 bits per heavy atom. The van der Waals surface area contributed by atoms with E-state index in [4.69, 9.17) is 0 Å². The number of thioether (sulfide) groups is 1. The van der Waals surface area contributed by atoms with Crippen molar-refractivity contribution in [1.82, 2.24) is 10.6 Å². The summed E-state index contributed by atoms with van der Waals surface area (Å²) in [5.41, 5.74) is 0. The maximum atomic E-state index is 11.9. The van der Waals surface area contributed by atoms with E-state index in [9.17, 15) is 9.00 Å². The monoisotopic (exact) mass is 262 g/mol. The van der Waals surface area contributed by atoms with E-state index in [0.29, 0.717) is 0 Å². The molecule has 0 saturated carbocycles. The second-order valence-electron chi connectivity index (χ2n) is 4.21. The lowest BCUT2D eigenvalue weighted by atomic mass is 10.1. The molecule has 0 aliphatic carbocycles. The standard InChI is InChI=1S/C10H18N2O2S2/c13-10(9-7-15-4-3-11-9)12-8-1-5-16(14)6-2-8/h8-9,11H,1-7H2,(H,12,13). The number of nitrogens with one attached hydrogen (secondary N) is 2. The third-order valence-electron chi connectivity index (χ3n) is 2.97. The van der Waals surface area contributed by atoms with Crippen LogP contribution >= 0.6 is 11.8 Å². The summed E-state index contributed by atoms with van der Waals surface area (Å²) in [5, 5.41) is 6.28. The van der Waals surface area contributed by atoms with E-state index in [2.05, 4.69) is 10.6 Å². The summed E-state index contributed by atoms with van der Waals surface area (Å²) in [5.74, 6) is 3.54. The van der Waals surface area contributed by atoms with Crippen molar-refractivity contribution >= 4 is 28.5 Å². The highest BCUT2D eigenvalue weighted by molar-refractivity contribution is 7.99. The van der Waals surface area contributed by atoms with Crippen molar-refractivity contribution in [2.75, 3.05) is 29.6 Å². The van der Waals surface area contributed by atoms with Crippen LogP contribution in [0, 0.1) is 0 Å². The Labute approximate surface area is 103 Å². The number of amides is 1. The van der Waals surface area contributed by atoms with Gasteiger partial charge in [0.05, 0.1) is 6.04 Å². The van der Waals surface area contributed by atoms with E-state index in [0.717, 1.165) is 42.4 Å². The molecular formula is C10H18N2O2S2. The van der Waals surface area contributed by atoms with Gasteiger partial charge in [0.25, 0.3) is 0 Å². The Hall–Kier alpha value is -0.0700. The highest BCUT2D eigenvalue weighted by Crippen LogP contribution is 2.11.